The van der Waals surface area contributed by atoms with Gasteiger partial charge in [-0.25, -0.2) is 0 Å². The van der Waals surface area contributed by atoms with Gasteiger partial charge in [-0.05, 0) is 21.0 Å². The quantitative estimate of drug-likeness (QED) is 0.691. The molecule has 61 valence electrons. The first-order chi connectivity index (χ1) is 5.20. The van der Waals surface area contributed by atoms with Crippen LogP contribution < -0.4 is 0 Å². The van der Waals surface area contributed by atoms with E-state index < -0.39 is 0 Å². The number of hydrogen-bond donors (Lipinski definition) is 1. The molecule has 1 rings (SSSR count). The minimum Gasteiger partial charge on any atom is -0.306 e. The van der Waals surface area contributed by atoms with Crippen LogP contribution in [-0.2, 0) is 6.42 Å². The van der Waals surface area contributed by atoms with Crippen LogP contribution in [0.5, 0.6) is 0 Å². The number of likely N-dealkylation sites (N-methyl/N-ethyl adjacent to an activating group) is 1. The summed E-state index contributed by atoms with van der Waals surface area (Å²) in [7, 11) is 4.13. The van der Waals surface area contributed by atoms with Gasteiger partial charge < -0.3 is 4.90 Å². The summed E-state index contributed by atoms with van der Waals surface area (Å²) < 4.78 is 0. The lowest BCUT2D eigenvalue weighted by Crippen LogP contribution is -2.26. The van der Waals surface area contributed by atoms with Crippen LogP contribution in [0.2, 0.25) is 0 Å². The van der Waals surface area contributed by atoms with Crippen molar-refractivity contribution >= 4 is 0 Å². The zero-order chi connectivity index (χ0) is 8.27. The Kier molecular flexibility index (Phi) is 2.65. The van der Waals surface area contributed by atoms with E-state index >= 15 is 0 Å². The van der Waals surface area contributed by atoms with Crippen molar-refractivity contribution in [1.82, 2.24) is 15.1 Å². The van der Waals surface area contributed by atoms with Crippen molar-refractivity contribution in [1.29, 1.82) is 0 Å². The fraction of sp³-hybridized carbons (Fsp3) is 0.625. The fourth-order valence-corrected chi connectivity index (χ4v) is 0.825. The summed E-state index contributed by atoms with van der Waals surface area (Å²) in [4.78, 5) is 2.17. The Balaban J connectivity index is 2.43. The van der Waals surface area contributed by atoms with Gasteiger partial charge in [0.05, 0.1) is 5.69 Å². The van der Waals surface area contributed by atoms with Crippen LogP contribution in [-0.4, -0.2) is 35.2 Å². The summed E-state index contributed by atoms with van der Waals surface area (Å²) in [6.45, 7) is 2.17. The van der Waals surface area contributed by atoms with E-state index in [1.54, 1.807) is 6.20 Å². The average Bonchev–Trinajstić information content (AvgIpc) is 2.39. The molecule has 3 nitrogen and oxygen atoms in total. The first kappa shape index (κ1) is 8.27. The summed E-state index contributed by atoms with van der Waals surface area (Å²) in [6, 6.07) is 3.55. The van der Waals surface area contributed by atoms with Crippen LogP contribution in [0.3, 0.4) is 0 Å². The van der Waals surface area contributed by atoms with Gasteiger partial charge >= 0.3 is 0 Å². The van der Waals surface area contributed by atoms with E-state index in [1.807, 2.05) is 0 Å². The molecule has 0 saturated heterocycles. The van der Waals surface area contributed by atoms with E-state index in [9.17, 15) is 0 Å². The minimum absolute atomic E-state index is 0.523. The molecule has 0 bridgehead atoms. The molecule has 0 saturated carbocycles. The molecular formula is C8H14N3. The highest BCUT2D eigenvalue weighted by Crippen LogP contribution is 2.00. The molecule has 3 heteroatoms. The molecule has 1 N–H and O–H groups in total. The maximum absolute atomic E-state index is 4.03. The smallest absolute Gasteiger partial charge is 0.0717 e. The van der Waals surface area contributed by atoms with Crippen LogP contribution in [0.1, 0.15) is 12.6 Å². The maximum atomic E-state index is 4.03. The maximum Gasteiger partial charge on any atom is 0.0717 e. The largest absolute Gasteiger partial charge is 0.306 e. The van der Waals surface area contributed by atoms with Crippen LogP contribution >= 0.6 is 0 Å². The van der Waals surface area contributed by atoms with Crippen LogP contribution in [0, 0.1) is 6.07 Å². The molecule has 1 radical (unpaired) electrons. The highest BCUT2D eigenvalue weighted by atomic mass is 15.1. The SMILES string of the molecule is C[C@H](Cc1[c]c[nH]n1)N(C)C. The summed E-state index contributed by atoms with van der Waals surface area (Å²) in [5.74, 6) is 0. The van der Waals surface area contributed by atoms with E-state index in [-0.39, 0.29) is 0 Å². The highest BCUT2D eigenvalue weighted by molar-refractivity contribution is 4.97. The number of aromatic nitrogens is 2. The van der Waals surface area contributed by atoms with E-state index in [2.05, 4.69) is 42.2 Å². The van der Waals surface area contributed by atoms with Gasteiger partial charge in [0, 0.05) is 24.7 Å². The molecule has 0 aliphatic carbocycles. The van der Waals surface area contributed by atoms with Crippen LogP contribution in [0.25, 0.3) is 0 Å². The molecule has 1 aromatic rings. The summed E-state index contributed by atoms with van der Waals surface area (Å²) in [5, 5.41) is 6.78. The minimum atomic E-state index is 0.523. The Hall–Kier alpha value is -0.830. The third-order valence-corrected chi connectivity index (χ3v) is 1.87. The molecule has 0 unspecified atom stereocenters. The normalized spacial score (nSPS) is 13.8. The predicted octanol–water partition coefficient (Wildman–Crippen LogP) is 0.702. The van der Waals surface area contributed by atoms with Gasteiger partial charge in [0.25, 0.3) is 0 Å². The molecule has 1 atom stereocenters. The van der Waals surface area contributed by atoms with Crippen LogP contribution in [0.15, 0.2) is 6.20 Å². The number of nitrogens with one attached hydrogen (secondary N) is 1. The Morgan fingerprint density at radius 3 is 2.91 bits per heavy atom. The number of H-pyrrole nitrogens is 1. The van der Waals surface area contributed by atoms with Crippen LogP contribution in [0.4, 0.5) is 0 Å². The number of rotatable bonds is 3. The van der Waals surface area contributed by atoms with Crippen molar-refractivity contribution in [2.24, 2.45) is 0 Å². The molecule has 0 spiro atoms. The third-order valence-electron chi connectivity index (χ3n) is 1.87. The van der Waals surface area contributed by atoms with Crippen molar-refractivity contribution < 1.29 is 0 Å². The van der Waals surface area contributed by atoms with E-state index in [4.69, 9.17) is 0 Å². The van der Waals surface area contributed by atoms with E-state index in [1.165, 1.54) is 0 Å². The van der Waals surface area contributed by atoms with Gasteiger partial charge in [0.2, 0.25) is 0 Å². The van der Waals surface area contributed by atoms with Gasteiger partial charge in [0.15, 0.2) is 0 Å². The molecule has 1 heterocycles. The van der Waals surface area contributed by atoms with Crippen molar-refractivity contribution in [2.45, 2.75) is 19.4 Å². The van der Waals surface area contributed by atoms with Gasteiger partial charge in [-0.15, -0.1) is 0 Å². The Morgan fingerprint density at radius 1 is 1.73 bits per heavy atom. The zero-order valence-electron chi connectivity index (χ0n) is 7.26. The second kappa shape index (κ2) is 3.53. The molecular weight excluding hydrogens is 138 g/mol. The van der Waals surface area contributed by atoms with E-state index in [0.29, 0.717) is 6.04 Å². The summed E-state index contributed by atoms with van der Waals surface area (Å²) >= 11 is 0. The standard InChI is InChI=1S/C8H14N3/c1-7(11(2)3)6-8-4-5-9-10-8/h5,7H,6H2,1-3H3,(H,9,10)/t7-/m1/s1. The van der Waals surface area contributed by atoms with Gasteiger partial charge in [0.1, 0.15) is 0 Å². The van der Waals surface area contributed by atoms with Gasteiger partial charge in [-0.3, -0.25) is 5.10 Å². The first-order valence-electron chi connectivity index (χ1n) is 3.77. The second-order valence-corrected chi connectivity index (χ2v) is 2.99. The second-order valence-electron chi connectivity index (χ2n) is 2.99. The van der Waals surface area contributed by atoms with Crippen molar-refractivity contribution in [2.75, 3.05) is 14.1 Å². The molecule has 11 heavy (non-hydrogen) atoms. The molecule has 0 aliphatic rings. The highest BCUT2D eigenvalue weighted by Gasteiger charge is 2.06. The summed E-state index contributed by atoms with van der Waals surface area (Å²) in [6.07, 6.45) is 2.69. The average molecular weight is 152 g/mol. The predicted molar refractivity (Wildman–Crippen MR) is 44.3 cm³/mol. The van der Waals surface area contributed by atoms with Crippen molar-refractivity contribution in [3.8, 4) is 0 Å². The number of aromatic amines is 1. The Bertz CT molecular complexity index is 191. The third kappa shape index (κ3) is 2.35. The Labute approximate surface area is 67.4 Å². The molecule has 0 fully saturated rings. The van der Waals surface area contributed by atoms with Gasteiger partial charge in [-0.2, -0.15) is 5.10 Å². The molecule has 0 aliphatic heterocycles. The monoisotopic (exact) mass is 152 g/mol. The fourth-order valence-electron chi connectivity index (χ4n) is 0.825. The van der Waals surface area contributed by atoms with Crippen molar-refractivity contribution in [3.63, 3.8) is 0 Å². The first-order valence-corrected chi connectivity index (χ1v) is 3.77. The Morgan fingerprint density at radius 2 is 2.45 bits per heavy atom. The molecule has 0 aromatic carbocycles. The zero-order valence-corrected chi connectivity index (χ0v) is 7.26. The molecule has 0 amide bonds. The van der Waals surface area contributed by atoms with Crippen molar-refractivity contribution in [3.05, 3.63) is 18.0 Å². The topological polar surface area (TPSA) is 31.9 Å². The number of nitrogens with zero attached hydrogens (tertiary/aromatic N) is 2. The lowest BCUT2D eigenvalue weighted by molar-refractivity contribution is 0.310. The summed E-state index contributed by atoms with van der Waals surface area (Å²) in [5.41, 5.74) is 1.01. The molecule has 1 aromatic heterocycles. The lowest BCUT2D eigenvalue weighted by Gasteiger charge is -2.17. The lowest BCUT2D eigenvalue weighted by atomic mass is 10.2. The van der Waals surface area contributed by atoms with E-state index in [0.717, 1.165) is 12.1 Å². The number of hydrogen-bond acceptors (Lipinski definition) is 2. The van der Waals surface area contributed by atoms with Gasteiger partial charge in [-0.1, -0.05) is 0 Å².